The van der Waals surface area contributed by atoms with Crippen molar-refractivity contribution in [1.82, 2.24) is 10.2 Å². The van der Waals surface area contributed by atoms with Crippen LogP contribution in [0.5, 0.6) is 0 Å². The van der Waals surface area contributed by atoms with Crippen LogP contribution >= 0.6 is 0 Å². The van der Waals surface area contributed by atoms with Crippen LogP contribution in [-0.2, 0) is 11.2 Å². The van der Waals surface area contributed by atoms with E-state index >= 15 is 0 Å². The number of ether oxygens (including phenoxy) is 1. The lowest BCUT2D eigenvalue weighted by atomic mass is 10.1. The van der Waals surface area contributed by atoms with E-state index in [4.69, 9.17) is 4.42 Å². The molecule has 0 saturated carbocycles. The summed E-state index contributed by atoms with van der Waals surface area (Å²) >= 11 is 0. The number of carbonyl (C=O) groups excluding carboxylic acids is 1. The number of nitrogens with zero attached hydrogens (tertiary/aromatic N) is 2. The van der Waals surface area contributed by atoms with Crippen LogP contribution in [-0.4, -0.2) is 23.3 Å². The predicted octanol–water partition coefficient (Wildman–Crippen LogP) is 1.76. The van der Waals surface area contributed by atoms with Gasteiger partial charge < -0.3 is 9.15 Å². The normalized spacial score (nSPS) is 10.2. The topological polar surface area (TPSA) is 65.2 Å². The molecule has 0 bridgehead atoms. The third-order valence-corrected chi connectivity index (χ3v) is 2.26. The molecule has 0 unspecified atom stereocenters. The third kappa shape index (κ3) is 2.69. The van der Waals surface area contributed by atoms with Crippen LogP contribution in [0.25, 0.3) is 0 Å². The van der Waals surface area contributed by atoms with Crippen LogP contribution in [0.4, 0.5) is 0 Å². The highest BCUT2D eigenvalue weighted by Gasteiger charge is 2.14. The molecule has 0 atom stereocenters. The molecule has 0 saturated heterocycles. The lowest BCUT2D eigenvalue weighted by Crippen LogP contribution is -2.00. The molecule has 1 aromatic heterocycles. The highest BCUT2D eigenvalue weighted by molar-refractivity contribution is 5.83. The van der Waals surface area contributed by atoms with Gasteiger partial charge in [-0.3, -0.25) is 0 Å². The molecule has 0 amide bonds. The van der Waals surface area contributed by atoms with Crippen LogP contribution in [0.15, 0.2) is 28.7 Å². The molecule has 0 aliphatic rings. The number of hydrogen-bond acceptors (Lipinski definition) is 5. The molecule has 0 N–H and O–H groups in total. The lowest BCUT2D eigenvalue weighted by molar-refractivity contribution is 0.0554. The van der Waals surface area contributed by atoms with E-state index in [1.165, 1.54) is 7.11 Å². The number of esters is 1. The Balaban J connectivity index is 2.14. The minimum Gasteiger partial charge on any atom is -0.462 e. The molecule has 1 heterocycles. The third-order valence-electron chi connectivity index (χ3n) is 2.26. The summed E-state index contributed by atoms with van der Waals surface area (Å²) in [5.74, 6) is -0.334. The van der Waals surface area contributed by atoms with Gasteiger partial charge in [0, 0.05) is 0 Å². The summed E-state index contributed by atoms with van der Waals surface area (Å²) in [7, 11) is 1.27. The molecule has 5 heteroatoms. The molecule has 5 nitrogen and oxygen atoms in total. The van der Waals surface area contributed by atoms with Gasteiger partial charge in [0.15, 0.2) is 0 Å². The van der Waals surface area contributed by atoms with E-state index in [2.05, 4.69) is 14.9 Å². The second kappa shape index (κ2) is 4.78. The maximum atomic E-state index is 11.1. The zero-order valence-electron chi connectivity index (χ0n) is 9.64. The van der Waals surface area contributed by atoms with Crippen molar-refractivity contribution < 1.29 is 13.9 Å². The number of rotatable bonds is 3. The van der Waals surface area contributed by atoms with E-state index in [0.29, 0.717) is 12.3 Å². The van der Waals surface area contributed by atoms with E-state index in [1.54, 1.807) is 0 Å². The molecule has 0 aliphatic heterocycles. The number of hydrogen-bond donors (Lipinski definition) is 0. The van der Waals surface area contributed by atoms with Gasteiger partial charge in [-0.2, -0.15) is 0 Å². The number of aromatic nitrogens is 2. The SMILES string of the molecule is COC(=O)c1nnc(Cc2cccc(C)c2)o1. The van der Waals surface area contributed by atoms with Gasteiger partial charge in [-0.05, 0) is 12.5 Å². The fourth-order valence-electron chi connectivity index (χ4n) is 1.49. The molecular weight excluding hydrogens is 220 g/mol. The van der Waals surface area contributed by atoms with Gasteiger partial charge in [0.1, 0.15) is 0 Å². The summed E-state index contributed by atoms with van der Waals surface area (Å²) in [4.78, 5) is 11.1. The zero-order valence-corrected chi connectivity index (χ0v) is 9.64. The second-order valence-corrected chi connectivity index (χ2v) is 3.66. The zero-order chi connectivity index (χ0) is 12.3. The molecule has 1 aromatic carbocycles. The van der Waals surface area contributed by atoms with Crippen molar-refractivity contribution >= 4 is 5.97 Å². The van der Waals surface area contributed by atoms with Gasteiger partial charge in [-0.15, -0.1) is 10.2 Å². The number of methoxy groups -OCH3 is 1. The van der Waals surface area contributed by atoms with Gasteiger partial charge in [0.2, 0.25) is 5.89 Å². The van der Waals surface area contributed by atoms with Crippen LogP contribution in [0.2, 0.25) is 0 Å². The fourth-order valence-corrected chi connectivity index (χ4v) is 1.49. The maximum Gasteiger partial charge on any atom is 0.396 e. The first-order chi connectivity index (χ1) is 8.19. The first kappa shape index (κ1) is 11.3. The van der Waals surface area contributed by atoms with Gasteiger partial charge in [-0.25, -0.2) is 4.79 Å². The quantitative estimate of drug-likeness (QED) is 0.754. The molecule has 88 valence electrons. The largest absolute Gasteiger partial charge is 0.462 e. The summed E-state index contributed by atoms with van der Waals surface area (Å²) in [6.45, 7) is 2.01. The monoisotopic (exact) mass is 232 g/mol. The van der Waals surface area contributed by atoms with Crippen molar-refractivity contribution in [3.63, 3.8) is 0 Å². The smallest absolute Gasteiger partial charge is 0.396 e. The molecule has 0 fully saturated rings. The van der Waals surface area contributed by atoms with Crippen molar-refractivity contribution in [2.45, 2.75) is 13.3 Å². The van der Waals surface area contributed by atoms with Gasteiger partial charge in [0.25, 0.3) is 0 Å². The summed E-state index contributed by atoms with van der Waals surface area (Å²) in [6, 6.07) is 7.97. The van der Waals surface area contributed by atoms with E-state index < -0.39 is 5.97 Å². The Kier molecular flexibility index (Phi) is 3.18. The highest BCUT2D eigenvalue weighted by Crippen LogP contribution is 2.10. The first-order valence-corrected chi connectivity index (χ1v) is 5.15. The molecule has 2 aromatic rings. The summed E-state index contributed by atoms with van der Waals surface area (Å²) < 4.78 is 9.67. The highest BCUT2D eigenvalue weighted by atomic mass is 16.5. The molecule has 2 rings (SSSR count). The van der Waals surface area contributed by atoms with E-state index in [9.17, 15) is 4.79 Å². The first-order valence-electron chi connectivity index (χ1n) is 5.15. The maximum absolute atomic E-state index is 11.1. The van der Waals surface area contributed by atoms with Crippen molar-refractivity contribution in [1.29, 1.82) is 0 Å². The lowest BCUT2D eigenvalue weighted by Gasteiger charge is -1.98. The molecular formula is C12H12N2O3. The summed E-state index contributed by atoms with van der Waals surface area (Å²) in [6.07, 6.45) is 0.506. The molecule has 17 heavy (non-hydrogen) atoms. The van der Waals surface area contributed by atoms with Crippen LogP contribution in [0, 0.1) is 6.92 Å². The van der Waals surface area contributed by atoms with Gasteiger partial charge >= 0.3 is 11.9 Å². The number of carbonyl (C=O) groups is 1. The Morgan fingerprint density at radius 3 is 2.94 bits per heavy atom. The van der Waals surface area contributed by atoms with Crippen molar-refractivity contribution in [3.05, 3.63) is 47.2 Å². The van der Waals surface area contributed by atoms with Gasteiger partial charge in [-0.1, -0.05) is 29.8 Å². The average molecular weight is 232 g/mol. The van der Waals surface area contributed by atoms with Crippen LogP contribution in [0.1, 0.15) is 27.7 Å². The molecule has 0 aliphatic carbocycles. The van der Waals surface area contributed by atoms with Crippen LogP contribution in [0.3, 0.4) is 0 Å². The van der Waals surface area contributed by atoms with Crippen molar-refractivity contribution in [2.24, 2.45) is 0 Å². The van der Waals surface area contributed by atoms with E-state index in [-0.39, 0.29) is 5.89 Å². The Labute approximate surface area is 98.4 Å². The molecule has 0 spiro atoms. The second-order valence-electron chi connectivity index (χ2n) is 3.66. The van der Waals surface area contributed by atoms with Gasteiger partial charge in [0.05, 0.1) is 13.5 Å². The predicted molar refractivity (Wildman–Crippen MR) is 59.6 cm³/mol. The minimum absolute atomic E-state index is 0.116. The number of benzene rings is 1. The summed E-state index contributed by atoms with van der Waals surface area (Å²) in [5, 5.41) is 7.41. The molecule has 0 radical (unpaired) electrons. The fraction of sp³-hybridized carbons (Fsp3) is 0.250. The Morgan fingerprint density at radius 2 is 2.24 bits per heavy atom. The Bertz CT molecular complexity index is 534. The number of aryl methyl sites for hydroxylation is 1. The van der Waals surface area contributed by atoms with Crippen molar-refractivity contribution in [2.75, 3.05) is 7.11 Å². The van der Waals surface area contributed by atoms with Crippen molar-refractivity contribution in [3.8, 4) is 0 Å². The minimum atomic E-state index is -0.618. The standard InChI is InChI=1S/C12H12N2O3/c1-8-4-3-5-9(6-8)7-10-13-14-11(17-10)12(15)16-2/h3-6H,7H2,1-2H3. The average Bonchev–Trinajstić information content (AvgIpc) is 2.76. The van der Waals surface area contributed by atoms with E-state index in [0.717, 1.165) is 11.1 Å². The Hall–Kier alpha value is -2.17. The Morgan fingerprint density at radius 1 is 1.41 bits per heavy atom. The van der Waals surface area contributed by atoms with E-state index in [1.807, 2.05) is 31.2 Å². The van der Waals surface area contributed by atoms with Crippen LogP contribution < -0.4 is 0 Å². The summed E-state index contributed by atoms with van der Waals surface area (Å²) in [5.41, 5.74) is 2.22.